The molecule has 0 radical (unpaired) electrons. The van der Waals surface area contributed by atoms with E-state index in [0.29, 0.717) is 0 Å². The largest absolute Gasteiger partial charge is 0.460 e. The van der Waals surface area contributed by atoms with Gasteiger partial charge >= 0.3 is 5.97 Å². The van der Waals surface area contributed by atoms with E-state index in [0.717, 1.165) is 28.1 Å². The van der Waals surface area contributed by atoms with Crippen LogP contribution in [-0.4, -0.2) is 17.7 Å². The molecule has 0 saturated carbocycles. The van der Waals surface area contributed by atoms with Crippen molar-refractivity contribution >= 4 is 17.4 Å². The Labute approximate surface area is 161 Å². The topological polar surface area (TPSA) is 38.8 Å². The lowest BCUT2D eigenvalue weighted by Gasteiger charge is -2.22. The van der Waals surface area contributed by atoms with Crippen LogP contribution in [0.4, 0.5) is 5.69 Å². The van der Waals surface area contributed by atoms with E-state index in [1.54, 1.807) is 0 Å². The van der Waals surface area contributed by atoms with Crippen LogP contribution in [0.5, 0.6) is 0 Å². The number of ether oxygens (including phenoxy) is 1. The van der Waals surface area contributed by atoms with Crippen LogP contribution in [0, 0.1) is 6.92 Å². The normalized spacial score (nSPS) is 17.4. The predicted octanol–water partition coefficient (Wildman–Crippen LogP) is 5.28. The highest BCUT2D eigenvalue weighted by atomic mass is 16.7. The van der Waals surface area contributed by atoms with Gasteiger partial charge in [-0.1, -0.05) is 42.0 Å². The highest BCUT2D eigenvalue weighted by Crippen LogP contribution is 2.39. The van der Waals surface area contributed by atoms with E-state index in [2.05, 4.69) is 25.1 Å². The molecule has 0 fully saturated rings. The zero-order valence-electron chi connectivity index (χ0n) is 16.7. The van der Waals surface area contributed by atoms with Gasteiger partial charge in [0.1, 0.15) is 11.7 Å². The molecule has 0 amide bonds. The number of carbonyl (C=O) groups excluding carboxylic acids is 1. The fourth-order valence-electron chi connectivity index (χ4n) is 3.21. The molecule has 142 valence electrons. The molecule has 0 aliphatic carbocycles. The van der Waals surface area contributed by atoms with Crippen molar-refractivity contribution in [2.24, 2.45) is 0 Å². The first-order valence-electron chi connectivity index (χ1n) is 9.28. The third-order valence-electron chi connectivity index (χ3n) is 4.30. The van der Waals surface area contributed by atoms with Gasteiger partial charge in [-0.05, 0) is 58.4 Å². The number of aryl methyl sites for hydroxylation is 1. The van der Waals surface area contributed by atoms with Crippen LogP contribution in [-0.2, 0) is 14.4 Å². The predicted molar refractivity (Wildman–Crippen MR) is 108 cm³/mol. The van der Waals surface area contributed by atoms with Crippen LogP contribution in [0.15, 0.2) is 60.2 Å². The first-order chi connectivity index (χ1) is 12.7. The van der Waals surface area contributed by atoms with E-state index >= 15 is 0 Å². The number of para-hydroxylation sites is 1. The summed E-state index contributed by atoms with van der Waals surface area (Å²) in [7, 11) is 0. The summed E-state index contributed by atoms with van der Waals surface area (Å²) >= 11 is 0. The van der Waals surface area contributed by atoms with E-state index < -0.39 is 5.60 Å². The summed E-state index contributed by atoms with van der Waals surface area (Å²) in [5.41, 5.74) is 4.45. The fraction of sp³-hybridized carbons (Fsp3) is 0.348. The van der Waals surface area contributed by atoms with Crippen LogP contribution in [0.3, 0.4) is 0 Å². The quantitative estimate of drug-likeness (QED) is 0.691. The van der Waals surface area contributed by atoms with Crippen molar-refractivity contribution in [2.45, 2.75) is 52.7 Å². The van der Waals surface area contributed by atoms with Gasteiger partial charge in [0, 0.05) is 5.56 Å². The molecular weight excluding hydrogens is 338 g/mol. The van der Waals surface area contributed by atoms with Gasteiger partial charge in [-0.15, -0.1) is 0 Å². The average Bonchev–Trinajstić information content (AvgIpc) is 2.90. The molecular formula is C23H27NO3. The third kappa shape index (κ3) is 4.58. The van der Waals surface area contributed by atoms with Crippen LogP contribution in [0.1, 0.15) is 45.2 Å². The highest BCUT2D eigenvalue weighted by Gasteiger charge is 2.34. The zero-order chi connectivity index (χ0) is 19.6. The molecule has 0 aromatic heterocycles. The van der Waals surface area contributed by atoms with E-state index in [9.17, 15) is 4.79 Å². The van der Waals surface area contributed by atoms with Gasteiger partial charge in [-0.3, -0.25) is 9.63 Å². The second kappa shape index (κ2) is 7.57. The molecule has 4 heteroatoms. The summed E-state index contributed by atoms with van der Waals surface area (Å²) in [5.74, 6) is -0.243. The Morgan fingerprint density at radius 3 is 2.44 bits per heavy atom. The summed E-state index contributed by atoms with van der Waals surface area (Å²) in [6.45, 7) is 9.67. The van der Waals surface area contributed by atoms with Crippen molar-refractivity contribution in [1.82, 2.24) is 0 Å². The van der Waals surface area contributed by atoms with Gasteiger partial charge in [-0.2, -0.15) is 0 Å². The molecule has 3 rings (SSSR count). The summed E-state index contributed by atoms with van der Waals surface area (Å²) < 4.78 is 5.55. The molecule has 0 spiro atoms. The average molecular weight is 365 g/mol. The number of esters is 1. The molecule has 0 N–H and O–H groups in total. The fourth-order valence-corrected chi connectivity index (χ4v) is 3.21. The summed E-state index contributed by atoms with van der Waals surface area (Å²) in [6, 6.07) is 18.2. The Bertz CT molecular complexity index is 849. The van der Waals surface area contributed by atoms with Gasteiger partial charge < -0.3 is 4.74 Å². The Morgan fingerprint density at radius 1 is 1.11 bits per heavy atom. The summed E-state index contributed by atoms with van der Waals surface area (Å²) in [5, 5.41) is 1.83. The first-order valence-corrected chi connectivity index (χ1v) is 9.28. The van der Waals surface area contributed by atoms with Crippen molar-refractivity contribution in [3.63, 3.8) is 0 Å². The maximum atomic E-state index is 12.5. The molecule has 1 aliphatic heterocycles. The van der Waals surface area contributed by atoms with Crippen molar-refractivity contribution in [2.75, 3.05) is 5.06 Å². The van der Waals surface area contributed by atoms with Gasteiger partial charge in [0.05, 0.1) is 17.8 Å². The van der Waals surface area contributed by atoms with E-state index in [-0.39, 0.29) is 18.5 Å². The standard InChI is InChI=1S/C23H27NO3/c1-16-10-9-11-18(14-16)22-20(15-21(25)26-23(3,4)5)17(2)27-24(22)19-12-7-6-8-13-19/h6-14,17H,15H2,1-5H3/t17-/m1/s1. The number of benzene rings is 2. The minimum absolute atomic E-state index is 0.199. The van der Waals surface area contributed by atoms with Crippen molar-refractivity contribution < 1.29 is 14.4 Å². The Morgan fingerprint density at radius 2 is 1.81 bits per heavy atom. The van der Waals surface area contributed by atoms with Crippen molar-refractivity contribution in [3.8, 4) is 0 Å². The molecule has 2 aromatic rings. The summed E-state index contributed by atoms with van der Waals surface area (Å²) in [4.78, 5) is 18.7. The summed E-state index contributed by atoms with van der Waals surface area (Å²) in [6.07, 6.45) is -0.0151. The number of anilines is 1. The monoisotopic (exact) mass is 365 g/mol. The number of hydrogen-bond acceptors (Lipinski definition) is 4. The molecule has 0 unspecified atom stereocenters. The van der Waals surface area contributed by atoms with E-state index in [4.69, 9.17) is 9.57 Å². The van der Waals surface area contributed by atoms with Crippen LogP contribution < -0.4 is 5.06 Å². The third-order valence-corrected chi connectivity index (χ3v) is 4.30. The lowest BCUT2D eigenvalue weighted by Crippen LogP contribution is -2.24. The molecule has 0 saturated heterocycles. The lowest BCUT2D eigenvalue weighted by molar-refractivity contribution is -0.154. The van der Waals surface area contributed by atoms with E-state index in [1.807, 2.05) is 69.2 Å². The highest BCUT2D eigenvalue weighted by molar-refractivity contribution is 5.86. The molecule has 4 nitrogen and oxygen atoms in total. The minimum Gasteiger partial charge on any atom is -0.460 e. The molecule has 27 heavy (non-hydrogen) atoms. The SMILES string of the molecule is Cc1cccc(C2=C(CC(=O)OC(C)(C)C)[C@@H](C)ON2c2ccccc2)c1. The van der Waals surface area contributed by atoms with Crippen molar-refractivity contribution in [3.05, 3.63) is 71.3 Å². The van der Waals surface area contributed by atoms with Crippen molar-refractivity contribution in [1.29, 1.82) is 0 Å². The molecule has 0 bridgehead atoms. The van der Waals surface area contributed by atoms with Crippen LogP contribution in [0.25, 0.3) is 5.70 Å². The molecule has 1 atom stereocenters. The second-order valence-electron chi connectivity index (χ2n) is 7.88. The van der Waals surface area contributed by atoms with Gasteiger partial charge in [0.25, 0.3) is 0 Å². The van der Waals surface area contributed by atoms with Crippen LogP contribution >= 0.6 is 0 Å². The van der Waals surface area contributed by atoms with Gasteiger partial charge in [0.15, 0.2) is 0 Å². The van der Waals surface area contributed by atoms with E-state index in [1.165, 1.54) is 0 Å². The van der Waals surface area contributed by atoms with Gasteiger partial charge in [0.2, 0.25) is 0 Å². The first kappa shape index (κ1) is 19.2. The Kier molecular flexibility index (Phi) is 5.38. The smallest absolute Gasteiger partial charge is 0.310 e. The second-order valence-corrected chi connectivity index (χ2v) is 7.88. The number of rotatable bonds is 4. The van der Waals surface area contributed by atoms with Crippen LogP contribution in [0.2, 0.25) is 0 Å². The maximum absolute atomic E-state index is 12.5. The Balaban J connectivity index is 2.05. The Hall–Kier alpha value is -2.59. The molecule has 2 aromatic carbocycles. The number of nitrogens with zero attached hydrogens (tertiary/aromatic N) is 1. The van der Waals surface area contributed by atoms with Gasteiger partial charge in [-0.25, -0.2) is 5.06 Å². The maximum Gasteiger partial charge on any atom is 0.310 e. The minimum atomic E-state index is -0.511. The lowest BCUT2D eigenvalue weighted by atomic mass is 9.99. The number of hydrogen-bond donors (Lipinski definition) is 0. The number of carbonyl (C=O) groups is 1. The molecule has 1 heterocycles. The number of hydroxylamine groups is 1. The zero-order valence-corrected chi connectivity index (χ0v) is 16.7. The molecule has 1 aliphatic rings.